The number of thiazole rings is 1. The van der Waals surface area contributed by atoms with Crippen molar-refractivity contribution in [1.29, 1.82) is 0 Å². The van der Waals surface area contributed by atoms with Crippen molar-refractivity contribution in [2.75, 3.05) is 18.4 Å². The normalized spacial score (nSPS) is 17.4. The zero-order valence-corrected chi connectivity index (χ0v) is 17.4. The lowest BCUT2D eigenvalue weighted by molar-refractivity contribution is 0.459. The average molecular weight is 430 g/mol. The third kappa shape index (κ3) is 4.13. The van der Waals surface area contributed by atoms with Crippen LogP contribution in [0.15, 0.2) is 30.5 Å². The summed E-state index contributed by atoms with van der Waals surface area (Å²) >= 11 is 7.58. The van der Waals surface area contributed by atoms with Crippen molar-refractivity contribution in [3.8, 4) is 21.8 Å². The van der Waals surface area contributed by atoms with Gasteiger partial charge in [-0.15, -0.1) is 11.3 Å². The molecule has 0 spiro atoms. The van der Waals surface area contributed by atoms with Crippen molar-refractivity contribution in [3.63, 3.8) is 0 Å². The van der Waals surface area contributed by atoms with Gasteiger partial charge in [0.2, 0.25) is 5.95 Å². The Morgan fingerprint density at radius 3 is 2.69 bits per heavy atom. The Labute approximate surface area is 177 Å². The van der Waals surface area contributed by atoms with Crippen molar-refractivity contribution in [2.24, 2.45) is 0 Å². The van der Waals surface area contributed by atoms with Gasteiger partial charge in [0.25, 0.3) is 0 Å². The van der Waals surface area contributed by atoms with E-state index in [-0.39, 0.29) is 5.82 Å². The smallest absolute Gasteiger partial charge is 0.223 e. The summed E-state index contributed by atoms with van der Waals surface area (Å²) in [4.78, 5) is 14.8. The monoisotopic (exact) mass is 429 g/mol. The van der Waals surface area contributed by atoms with E-state index >= 15 is 0 Å². The highest BCUT2D eigenvalue weighted by Gasteiger charge is 2.26. The average Bonchev–Trinajstić information content (AvgIpc) is 3.43. The number of hydrogen-bond acceptors (Lipinski definition) is 6. The van der Waals surface area contributed by atoms with Gasteiger partial charge in [0.1, 0.15) is 5.82 Å². The van der Waals surface area contributed by atoms with E-state index in [4.69, 9.17) is 21.6 Å². The number of aromatic nitrogens is 3. The molecule has 8 heteroatoms. The molecule has 1 saturated carbocycles. The van der Waals surface area contributed by atoms with E-state index in [2.05, 4.69) is 15.6 Å². The van der Waals surface area contributed by atoms with Gasteiger partial charge in [0.05, 0.1) is 21.3 Å². The van der Waals surface area contributed by atoms with E-state index < -0.39 is 0 Å². The Morgan fingerprint density at radius 1 is 1.10 bits per heavy atom. The number of nitrogens with one attached hydrogen (secondary N) is 2. The molecule has 1 aliphatic carbocycles. The largest absolute Gasteiger partial charge is 0.351 e. The molecule has 2 aliphatic rings. The van der Waals surface area contributed by atoms with Crippen molar-refractivity contribution in [2.45, 2.75) is 37.6 Å². The minimum atomic E-state index is -0.369. The predicted molar refractivity (Wildman–Crippen MR) is 115 cm³/mol. The van der Waals surface area contributed by atoms with Crippen molar-refractivity contribution >= 4 is 28.9 Å². The second kappa shape index (κ2) is 7.97. The first-order valence-electron chi connectivity index (χ1n) is 9.94. The summed E-state index contributed by atoms with van der Waals surface area (Å²) in [5.41, 5.74) is 1.86. The molecule has 3 aromatic rings. The van der Waals surface area contributed by atoms with Gasteiger partial charge in [-0.3, -0.25) is 0 Å². The fourth-order valence-electron chi connectivity index (χ4n) is 3.58. The molecule has 1 saturated heterocycles. The quantitative estimate of drug-likeness (QED) is 0.590. The first-order chi connectivity index (χ1) is 14.2. The molecule has 150 valence electrons. The highest BCUT2D eigenvalue weighted by molar-refractivity contribution is 7.15. The van der Waals surface area contributed by atoms with Crippen LogP contribution < -0.4 is 10.6 Å². The van der Waals surface area contributed by atoms with Crippen LogP contribution in [0.5, 0.6) is 0 Å². The van der Waals surface area contributed by atoms with Crippen LogP contribution in [-0.2, 0) is 0 Å². The van der Waals surface area contributed by atoms with Gasteiger partial charge < -0.3 is 10.6 Å². The maximum atomic E-state index is 14.8. The highest BCUT2D eigenvalue weighted by Crippen LogP contribution is 2.41. The lowest BCUT2D eigenvalue weighted by Crippen LogP contribution is -2.26. The van der Waals surface area contributed by atoms with E-state index in [0.29, 0.717) is 34.2 Å². The Morgan fingerprint density at radius 2 is 1.93 bits per heavy atom. The summed E-state index contributed by atoms with van der Waals surface area (Å²) in [6, 6.07) is 7.07. The summed E-state index contributed by atoms with van der Waals surface area (Å²) in [7, 11) is 0. The number of rotatable bonds is 5. The van der Waals surface area contributed by atoms with Gasteiger partial charge in [-0.1, -0.05) is 11.6 Å². The molecular weight excluding hydrogens is 409 g/mol. The minimum Gasteiger partial charge on any atom is -0.351 e. The topological polar surface area (TPSA) is 62.7 Å². The van der Waals surface area contributed by atoms with Crippen LogP contribution in [0.2, 0.25) is 5.02 Å². The van der Waals surface area contributed by atoms with Crippen LogP contribution in [0.3, 0.4) is 0 Å². The summed E-state index contributed by atoms with van der Waals surface area (Å²) in [6.45, 7) is 1.96. The van der Waals surface area contributed by atoms with Gasteiger partial charge in [-0.2, -0.15) is 0 Å². The van der Waals surface area contributed by atoms with Gasteiger partial charge >= 0.3 is 0 Å². The molecule has 0 amide bonds. The van der Waals surface area contributed by atoms with Crippen molar-refractivity contribution in [1.82, 2.24) is 20.3 Å². The highest BCUT2D eigenvalue weighted by atomic mass is 35.5. The number of halogens is 2. The SMILES string of the molecule is Fc1cc(Cl)ccc1-c1nc(C2CCNCC2)sc1-c1ccnc(NC2CC2)n1. The molecule has 0 bridgehead atoms. The molecule has 5 nitrogen and oxygen atoms in total. The molecule has 2 aromatic heterocycles. The Kier molecular flexibility index (Phi) is 5.20. The first-order valence-corrected chi connectivity index (χ1v) is 11.1. The van der Waals surface area contributed by atoms with Crippen LogP contribution in [0, 0.1) is 5.82 Å². The lowest BCUT2D eigenvalue weighted by Gasteiger charge is -2.20. The molecule has 5 rings (SSSR count). The summed E-state index contributed by atoms with van der Waals surface area (Å²) < 4.78 is 14.8. The molecule has 1 aliphatic heterocycles. The van der Waals surface area contributed by atoms with Gasteiger partial charge in [0, 0.05) is 28.7 Å². The minimum absolute atomic E-state index is 0.369. The second-order valence-corrected chi connectivity index (χ2v) is 9.03. The molecule has 0 atom stereocenters. The van der Waals surface area contributed by atoms with Crippen LogP contribution in [0.25, 0.3) is 21.8 Å². The third-order valence-corrected chi connectivity index (χ3v) is 6.79. The molecule has 2 fully saturated rings. The fourth-order valence-corrected chi connectivity index (χ4v) is 4.96. The van der Waals surface area contributed by atoms with Gasteiger partial charge in [0.15, 0.2) is 0 Å². The molecule has 29 heavy (non-hydrogen) atoms. The van der Waals surface area contributed by atoms with Crippen LogP contribution >= 0.6 is 22.9 Å². The van der Waals surface area contributed by atoms with E-state index in [0.717, 1.165) is 54.4 Å². The number of piperidine rings is 1. The first kappa shape index (κ1) is 18.9. The van der Waals surface area contributed by atoms with Gasteiger partial charge in [-0.25, -0.2) is 19.3 Å². The van der Waals surface area contributed by atoms with E-state index in [9.17, 15) is 4.39 Å². The molecule has 0 radical (unpaired) electrons. The van der Waals surface area contributed by atoms with Crippen LogP contribution in [0.4, 0.5) is 10.3 Å². The Hall–Kier alpha value is -2.09. The standard InChI is InChI=1S/C21H21ClFN5S/c22-13-1-4-15(16(23)11-13)18-19(29-20(28-18)12-5-8-24-9-6-12)17-7-10-25-21(27-17)26-14-2-3-14/h1,4,7,10-12,14,24H,2-3,5-6,8-9H2,(H,25,26,27). The number of nitrogens with zero attached hydrogens (tertiary/aromatic N) is 3. The van der Waals surface area contributed by atoms with Gasteiger partial charge in [-0.05, 0) is 63.0 Å². The zero-order valence-electron chi connectivity index (χ0n) is 15.8. The summed E-state index contributed by atoms with van der Waals surface area (Å²) in [5, 5.41) is 8.14. The zero-order chi connectivity index (χ0) is 19.8. The molecule has 3 heterocycles. The number of hydrogen-bond donors (Lipinski definition) is 2. The Balaban J connectivity index is 1.59. The lowest BCUT2D eigenvalue weighted by atomic mass is 9.99. The van der Waals surface area contributed by atoms with E-state index in [1.54, 1.807) is 29.7 Å². The maximum absolute atomic E-state index is 14.8. The van der Waals surface area contributed by atoms with Crippen molar-refractivity contribution < 1.29 is 4.39 Å². The maximum Gasteiger partial charge on any atom is 0.223 e. The number of benzene rings is 1. The second-order valence-electron chi connectivity index (χ2n) is 7.56. The third-order valence-electron chi connectivity index (χ3n) is 5.32. The van der Waals surface area contributed by atoms with Crippen LogP contribution in [-0.4, -0.2) is 34.1 Å². The predicted octanol–water partition coefficient (Wildman–Crippen LogP) is 5.10. The molecule has 0 unspecified atom stereocenters. The van der Waals surface area contributed by atoms with Crippen LogP contribution in [0.1, 0.15) is 36.6 Å². The van der Waals surface area contributed by atoms with Crippen molar-refractivity contribution in [3.05, 3.63) is 46.3 Å². The van der Waals surface area contributed by atoms with E-state index in [1.165, 1.54) is 6.07 Å². The fraction of sp³-hybridized carbons (Fsp3) is 0.381. The molecular formula is C21H21ClFN5S. The Bertz CT molecular complexity index is 1030. The summed E-state index contributed by atoms with van der Waals surface area (Å²) in [6.07, 6.45) is 6.12. The molecule has 2 N–H and O–H groups in total. The molecule has 1 aromatic carbocycles. The summed E-state index contributed by atoms with van der Waals surface area (Å²) in [5.74, 6) is 0.630. The number of anilines is 1. The van der Waals surface area contributed by atoms with E-state index in [1.807, 2.05) is 6.07 Å².